The Hall–Kier alpha value is -2.18. The first-order valence-corrected chi connectivity index (χ1v) is 5.98. The van der Waals surface area contributed by atoms with Gasteiger partial charge in [0.1, 0.15) is 17.3 Å². The average molecular weight is 277 g/mol. The van der Waals surface area contributed by atoms with Gasteiger partial charge in [0, 0.05) is 23.4 Å². The number of hydrogen-bond donors (Lipinski definition) is 2. The zero-order valence-corrected chi connectivity index (χ0v) is 11.3. The fourth-order valence-corrected chi connectivity index (χ4v) is 2.02. The molecule has 20 heavy (non-hydrogen) atoms. The van der Waals surface area contributed by atoms with Crippen molar-refractivity contribution in [3.05, 3.63) is 53.6 Å². The zero-order chi connectivity index (χ0) is 14.5. The van der Waals surface area contributed by atoms with Crippen LogP contribution in [0.1, 0.15) is 17.2 Å². The van der Waals surface area contributed by atoms with E-state index in [4.69, 9.17) is 15.3 Å². The fraction of sp³-hybridized carbons (Fsp3) is 0.214. The number of methoxy groups -OCH3 is 2. The van der Waals surface area contributed by atoms with E-state index >= 15 is 0 Å². The van der Waals surface area contributed by atoms with Crippen LogP contribution in [0.25, 0.3) is 0 Å². The topological polar surface area (TPSA) is 69.4 Å². The van der Waals surface area contributed by atoms with E-state index in [9.17, 15) is 4.39 Å². The molecule has 1 atom stereocenters. The molecule has 1 aromatic carbocycles. The Morgan fingerprint density at radius 3 is 2.60 bits per heavy atom. The van der Waals surface area contributed by atoms with Gasteiger partial charge in [-0.1, -0.05) is 6.07 Å². The molecular formula is C14H16FN3O2. The minimum atomic E-state index is -0.543. The second-order valence-corrected chi connectivity index (χ2v) is 4.10. The molecule has 1 aromatic heterocycles. The van der Waals surface area contributed by atoms with Crippen molar-refractivity contribution in [1.29, 1.82) is 0 Å². The summed E-state index contributed by atoms with van der Waals surface area (Å²) in [6, 6.07) is 5.80. The van der Waals surface area contributed by atoms with Crippen molar-refractivity contribution in [3.63, 3.8) is 0 Å². The molecule has 0 amide bonds. The second-order valence-electron chi connectivity index (χ2n) is 4.10. The maximum atomic E-state index is 14.2. The van der Waals surface area contributed by atoms with Gasteiger partial charge in [-0.25, -0.2) is 9.82 Å². The van der Waals surface area contributed by atoms with Crippen LogP contribution in [-0.4, -0.2) is 19.2 Å². The monoisotopic (exact) mass is 277 g/mol. The van der Waals surface area contributed by atoms with Crippen LogP contribution in [0.2, 0.25) is 0 Å². The summed E-state index contributed by atoms with van der Waals surface area (Å²) in [6.45, 7) is 0. The SMILES string of the molecule is COc1ccc(C(NN)c2ccncc2OC)c(F)c1. The predicted molar refractivity (Wildman–Crippen MR) is 72.9 cm³/mol. The number of ether oxygens (including phenoxy) is 2. The summed E-state index contributed by atoms with van der Waals surface area (Å²) in [7, 11) is 3.01. The van der Waals surface area contributed by atoms with E-state index in [2.05, 4.69) is 10.4 Å². The first kappa shape index (κ1) is 14.2. The van der Waals surface area contributed by atoms with Crippen LogP contribution in [0.5, 0.6) is 11.5 Å². The zero-order valence-electron chi connectivity index (χ0n) is 11.3. The molecule has 1 heterocycles. The van der Waals surface area contributed by atoms with Gasteiger partial charge in [-0.15, -0.1) is 0 Å². The van der Waals surface area contributed by atoms with E-state index in [1.54, 1.807) is 30.6 Å². The normalized spacial score (nSPS) is 12.0. The Labute approximate surface area is 116 Å². The third-order valence-corrected chi connectivity index (χ3v) is 3.03. The van der Waals surface area contributed by atoms with Crippen molar-refractivity contribution < 1.29 is 13.9 Å². The summed E-state index contributed by atoms with van der Waals surface area (Å²) in [5.74, 6) is 6.15. The molecule has 0 spiro atoms. The third kappa shape index (κ3) is 2.71. The molecular weight excluding hydrogens is 261 g/mol. The van der Waals surface area contributed by atoms with E-state index in [0.717, 1.165) is 0 Å². The standard InChI is InChI=1S/C14H16FN3O2/c1-19-9-3-4-10(12(15)7-9)14(18-16)11-5-6-17-8-13(11)20-2/h3-8,14,18H,16H2,1-2H3. The lowest BCUT2D eigenvalue weighted by Crippen LogP contribution is -2.30. The largest absolute Gasteiger partial charge is 0.497 e. The molecule has 0 saturated carbocycles. The van der Waals surface area contributed by atoms with Crippen molar-refractivity contribution in [2.75, 3.05) is 14.2 Å². The Bertz CT molecular complexity index is 592. The molecule has 2 rings (SSSR count). The molecule has 0 aliphatic rings. The summed E-state index contributed by atoms with van der Waals surface area (Å²) >= 11 is 0. The van der Waals surface area contributed by atoms with E-state index < -0.39 is 11.9 Å². The molecule has 0 fully saturated rings. The maximum Gasteiger partial charge on any atom is 0.142 e. The van der Waals surface area contributed by atoms with Crippen LogP contribution in [-0.2, 0) is 0 Å². The predicted octanol–water partition coefficient (Wildman–Crippen LogP) is 1.79. The van der Waals surface area contributed by atoms with Gasteiger partial charge < -0.3 is 9.47 Å². The van der Waals surface area contributed by atoms with Crippen molar-refractivity contribution in [1.82, 2.24) is 10.4 Å². The van der Waals surface area contributed by atoms with Gasteiger partial charge in [0.15, 0.2) is 0 Å². The van der Waals surface area contributed by atoms with E-state index in [1.165, 1.54) is 20.3 Å². The van der Waals surface area contributed by atoms with Gasteiger partial charge in [0.25, 0.3) is 0 Å². The minimum absolute atomic E-state index is 0.401. The molecule has 5 nitrogen and oxygen atoms in total. The number of aromatic nitrogens is 1. The second kappa shape index (κ2) is 6.31. The van der Waals surface area contributed by atoms with Gasteiger partial charge in [-0.05, 0) is 12.1 Å². The number of benzene rings is 1. The lowest BCUT2D eigenvalue weighted by Gasteiger charge is -2.20. The molecule has 0 aliphatic heterocycles. The number of halogens is 1. The third-order valence-electron chi connectivity index (χ3n) is 3.03. The maximum absolute atomic E-state index is 14.2. The van der Waals surface area contributed by atoms with Crippen LogP contribution < -0.4 is 20.7 Å². The number of pyridine rings is 1. The van der Waals surface area contributed by atoms with E-state index in [1.807, 2.05) is 0 Å². The number of nitrogens with two attached hydrogens (primary N) is 1. The Balaban J connectivity index is 2.47. The molecule has 6 heteroatoms. The summed E-state index contributed by atoms with van der Waals surface area (Å²) in [6.07, 6.45) is 3.16. The number of hydrogen-bond acceptors (Lipinski definition) is 5. The molecule has 0 aliphatic carbocycles. The van der Waals surface area contributed by atoms with E-state index in [-0.39, 0.29) is 0 Å². The summed E-state index contributed by atoms with van der Waals surface area (Å²) in [5.41, 5.74) is 3.70. The molecule has 0 bridgehead atoms. The van der Waals surface area contributed by atoms with E-state index in [0.29, 0.717) is 22.6 Å². The highest BCUT2D eigenvalue weighted by Gasteiger charge is 2.20. The highest BCUT2D eigenvalue weighted by molar-refractivity contribution is 5.41. The lowest BCUT2D eigenvalue weighted by molar-refractivity contribution is 0.400. The molecule has 2 aromatic rings. The Morgan fingerprint density at radius 2 is 2.00 bits per heavy atom. The first-order chi connectivity index (χ1) is 9.71. The number of rotatable bonds is 5. The van der Waals surface area contributed by atoms with Gasteiger partial charge in [0.05, 0.1) is 26.5 Å². The number of nitrogens with one attached hydrogen (secondary N) is 1. The highest BCUT2D eigenvalue weighted by Crippen LogP contribution is 2.31. The number of nitrogens with zero attached hydrogens (tertiary/aromatic N) is 1. The minimum Gasteiger partial charge on any atom is -0.497 e. The van der Waals surface area contributed by atoms with Gasteiger partial charge in [-0.2, -0.15) is 0 Å². The highest BCUT2D eigenvalue weighted by atomic mass is 19.1. The van der Waals surface area contributed by atoms with Gasteiger partial charge >= 0.3 is 0 Å². The van der Waals surface area contributed by atoms with Gasteiger partial charge in [-0.3, -0.25) is 10.8 Å². The Kier molecular flexibility index (Phi) is 4.49. The first-order valence-electron chi connectivity index (χ1n) is 5.98. The summed E-state index contributed by atoms with van der Waals surface area (Å²) in [4.78, 5) is 3.97. The van der Waals surface area contributed by atoms with Crippen LogP contribution in [0.15, 0.2) is 36.7 Å². The van der Waals surface area contributed by atoms with Crippen LogP contribution in [0.4, 0.5) is 4.39 Å². The summed E-state index contributed by atoms with van der Waals surface area (Å²) in [5, 5.41) is 0. The quantitative estimate of drug-likeness (QED) is 0.644. The fourth-order valence-electron chi connectivity index (χ4n) is 2.02. The van der Waals surface area contributed by atoms with Crippen LogP contribution in [0, 0.1) is 5.82 Å². The van der Waals surface area contributed by atoms with Crippen LogP contribution >= 0.6 is 0 Å². The van der Waals surface area contributed by atoms with Crippen LogP contribution in [0.3, 0.4) is 0 Å². The molecule has 0 radical (unpaired) electrons. The van der Waals surface area contributed by atoms with Crippen molar-refractivity contribution in [3.8, 4) is 11.5 Å². The van der Waals surface area contributed by atoms with Crippen molar-refractivity contribution >= 4 is 0 Å². The molecule has 0 saturated heterocycles. The van der Waals surface area contributed by atoms with Gasteiger partial charge in [0.2, 0.25) is 0 Å². The summed E-state index contributed by atoms with van der Waals surface area (Å²) < 4.78 is 24.4. The molecule has 1 unspecified atom stereocenters. The number of hydrazine groups is 1. The Morgan fingerprint density at radius 1 is 1.20 bits per heavy atom. The van der Waals surface area contributed by atoms with Crippen molar-refractivity contribution in [2.45, 2.75) is 6.04 Å². The van der Waals surface area contributed by atoms with Crippen molar-refractivity contribution in [2.24, 2.45) is 5.84 Å². The molecule has 106 valence electrons. The molecule has 3 N–H and O–H groups in total. The smallest absolute Gasteiger partial charge is 0.142 e. The lowest BCUT2D eigenvalue weighted by atomic mass is 9.99. The average Bonchev–Trinajstić information content (AvgIpc) is 2.50.